The average molecular weight is 339 g/mol. The normalized spacial score (nSPS) is 45.6. The average Bonchev–Trinajstić information content (AvgIpc) is 2.93. The number of allylic oxidation sites excluding steroid dienone is 1. The van der Waals surface area contributed by atoms with Gasteiger partial charge < -0.3 is 0 Å². The van der Waals surface area contributed by atoms with Crippen LogP contribution in [0.1, 0.15) is 71.6 Å². The Balaban J connectivity index is 1.63. The van der Waals surface area contributed by atoms with Crippen LogP contribution in [0.3, 0.4) is 0 Å². The summed E-state index contributed by atoms with van der Waals surface area (Å²) in [7, 11) is 0. The third-order valence-corrected chi connectivity index (χ3v) is 8.60. The quantitative estimate of drug-likeness (QED) is 0.737. The summed E-state index contributed by atoms with van der Waals surface area (Å²) in [6.07, 6.45) is 10.4. The van der Waals surface area contributed by atoms with Gasteiger partial charge in [0.05, 0.1) is 12.5 Å². The van der Waals surface area contributed by atoms with E-state index in [0.29, 0.717) is 30.0 Å². The van der Waals surface area contributed by atoms with E-state index in [1.165, 1.54) is 18.4 Å². The van der Waals surface area contributed by atoms with E-state index in [9.17, 15) is 9.59 Å². The summed E-state index contributed by atoms with van der Waals surface area (Å²) in [5.74, 6) is 2.56. The van der Waals surface area contributed by atoms with Gasteiger partial charge in [0.1, 0.15) is 0 Å². The van der Waals surface area contributed by atoms with Crippen molar-refractivity contribution in [1.82, 2.24) is 0 Å². The second-order valence-electron chi connectivity index (χ2n) is 9.44. The number of carbonyl (C=O) groups is 2. The SMILES string of the molecule is C[C@]12CC[C@H]3[C@@H](CCC4=CC(=O)CC[C@@]43C)[C@@H]1CC[C@@H]2C(=O)CC#N. The van der Waals surface area contributed by atoms with Crippen molar-refractivity contribution in [3.05, 3.63) is 11.6 Å². The van der Waals surface area contributed by atoms with E-state index in [0.717, 1.165) is 32.1 Å². The molecule has 0 bridgehead atoms. The Hall–Kier alpha value is -1.43. The number of fused-ring (bicyclic) bond motifs is 5. The van der Waals surface area contributed by atoms with Gasteiger partial charge in [0.15, 0.2) is 11.6 Å². The van der Waals surface area contributed by atoms with Gasteiger partial charge in [-0.15, -0.1) is 0 Å². The minimum Gasteiger partial charge on any atom is -0.298 e. The van der Waals surface area contributed by atoms with Crippen molar-refractivity contribution in [2.75, 3.05) is 0 Å². The molecular formula is C22H29NO2. The van der Waals surface area contributed by atoms with E-state index in [1.807, 2.05) is 6.08 Å². The predicted molar refractivity (Wildman–Crippen MR) is 95.4 cm³/mol. The molecule has 0 amide bonds. The molecule has 25 heavy (non-hydrogen) atoms. The number of carbonyl (C=O) groups excluding carboxylic acids is 2. The van der Waals surface area contributed by atoms with Crippen molar-refractivity contribution in [3.63, 3.8) is 0 Å². The lowest BCUT2D eigenvalue weighted by molar-refractivity contribution is -0.129. The molecule has 0 N–H and O–H groups in total. The second kappa shape index (κ2) is 5.79. The fourth-order valence-electron chi connectivity index (χ4n) is 7.29. The zero-order valence-corrected chi connectivity index (χ0v) is 15.5. The van der Waals surface area contributed by atoms with Gasteiger partial charge in [0.2, 0.25) is 0 Å². The maximum atomic E-state index is 12.5. The maximum absolute atomic E-state index is 12.5. The highest BCUT2D eigenvalue weighted by molar-refractivity contribution is 5.91. The molecular weight excluding hydrogens is 310 g/mol. The number of rotatable bonds is 2. The predicted octanol–water partition coefficient (Wildman–Crippen LogP) is 4.62. The van der Waals surface area contributed by atoms with Crippen LogP contribution in [0.25, 0.3) is 0 Å². The molecule has 4 aliphatic rings. The van der Waals surface area contributed by atoms with E-state index in [1.54, 1.807) is 0 Å². The number of Topliss-reactive ketones (excluding diaryl/α,β-unsaturated/α-hetero) is 1. The molecule has 0 radical (unpaired) electrons. The highest BCUT2D eigenvalue weighted by atomic mass is 16.1. The van der Waals surface area contributed by atoms with E-state index in [4.69, 9.17) is 5.26 Å². The first-order chi connectivity index (χ1) is 11.9. The van der Waals surface area contributed by atoms with E-state index in [2.05, 4.69) is 19.9 Å². The lowest BCUT2D eigenvalue weighted by Gasteiger charge is -2.58. The van der Waals surface area contributed by atoms with Crippen LogP contribution in [0.15, 0.2) is 11.6 Å². The maximum Gasteiger partial charge on any atom is 0.155 e. The van der Waals surface area contributed by atoms with Crippen molar-refractivity contribution >= 4 is 11.6 Å². The first-order valence-electron chi connectivity index (χ1n) is 10.0. The summed E-state index contributed by atoms with van der Waals surface area (Å²) < 4.78 is 0. The minimum atomic E-state index is 0.0772. The zero-order chi connectivity index (χ0) is 17.8. The summed E-state index contributed by atoms with van der Waals surface area (Å²) in [6.45, 7) is 4.73. The Morgan fingerprint density at radius 2 is 1.96 bits per heavy atom. The number of nitrogens with zero attached hydrogens (tertiary/aromatic N) is 1. The van der Waals surface area contributed by atoms with Crippen LogP contribution in [0.2, 0.25) is 0 Å². The molecule has 3 nitrogen and oxygen atoms in total. The third kappa shape index (κ3) is 2.36. The summed E-state index contributed by atoms with van der Waals surface area (Å²) in [6, 6.07) is 2.07. The highest BCUT2D eigenvalue weighted by Crippen LogP contribution is 2.66. The van der Waals surface area contributed by atoms with Crippen LogP contribution >= 0.6 is 0 Å². The Kier molecular flexibility index (Phi) is 3.94. The molecule has 3 saturated carbocycles. The molecule has 4 rings (SSSR count). The largest absolute Gasteiger partial charge is 0.298 e. The van der Waals surface area contributed by atoms with Crippen molar-refractivity contribution < 1.29 is 9.59 Å². The molecule has 0 spiro atoms. The molecule has 0 aromatic carbocycles. The molecule has 0 heterocycles. The number of hydrogen-bond acceptors (Lipinski definition) is 3. The minimum absolute atomic E-state index is 0.0772. The van der Waals surface area contributed by atoms with Crippen LogP contribution < -0.4 is 0 Å². The molecule has 0 saturated heterocycles. The molecule has 134 valence electrons. The van der Waals surface area contributed by atoms with Crippen molar-refractivity contribution in [2.45, 2.75) is 71.6 Å². The van der Waals surface area contributed by atoms with Gasteiger partial charge >= 0.3 is 0 Å². The third-order valence-electron chi connectivity index (χ3n) is 8.60. The van der Waals surface area contributed by atoms with Crippen LogP contribution in [-0.2, 0) is 9.59 Å². The summed E-state index contributed by atoms with van der Waals surface area (Å²) in [5, 5.41) is 8.94. The highest BCUT2D eigenvalue weighted by Gasteiger charge is 2.59. The van der Waals surface area contributed by atoms with E-state index < -0.39 is 0 Å². The fourth-order valence-corrected chi connectivity index (χ4v) is 7.29. The van der Waals surface area contributed by atoms with Gasteiger partial charge in [-0.25, -0.2) is 0 Å². The molecule has 3 fully saturated rings. The Labute approximate surface area is 150 Å². The van der Waals surface area contributed by atoms with Crippen molar-refractivity contribution in [2.24, 2.45) is 34.5 Å². The Bertz CT molecular complexity index is 687. The summed E-state index contributed by atoms with van der Waals surface area (Å²) >= 11 is 0. The standard InChI is InChI=1S/C22H29NO2/c1-21-10-7-15(24)13-14(21)3-4-16-17-5-6-19(20(25)9-12-23)22(17,2)11-8-18(16)21/h13,16-19H,3-11H2,1-2H3/t16-,17-,18-,19+,21-,22-/m0/s1. The molecule has 3 heteroatoms. The summed E-state index contributed by atoms with van der Waals surface area (Å²) in [4.78, 5) is 24.4. The van der Waals surface area contributed by atoms with Gasteiger partial charge in [0, 0.05) is 12.3 Å². The molecule has 0 aromatic heterocycles. The van der Waals surface area contributed by atoms with Gasteiger partial charge in [-0.1, -0.05) is 19.4 Å². The van der Waals surface area contributed by atoms with Gasteiger partial charge in [-0.2, -0.15) is 5.26 Å². The molecule has 6 atom stereocenters. The number of nitriles is 1. The Morgan fingerprint density at radius 3 is 2.72 bits per heavy atom. The van der Waals surface area contributed by atoms with Crippen LogP contribution in [0.4, 0.5) is 0 Å². The number of hydrogen-bond donors (Lipinski definition) is 0. The molecule has 0 unspecified atom stereocenters. The Morgan fingerprint density at radius 1 is 1.16 bits per heavy atom. The lowest BCUT2D eigenvalue weighted by Crippen LogP contribution is -2.51. The molecule has 0 aromatic rings. The van der Waals surface area contributed by atoms with Crippen LogP contribution in [-0.4, -0.2) is 11.6 Å². The smallest absolute Gasteiger partial charge is 0.155 e. The van der Waals surface area contributed by atoms with E-state index in [-0.39, 0.29) is 29.0 Å². The van der Waals surface area contributed by atoms with Crippen molar-refractivity contribution in [3.8, 4) is 6.07 Å². The zero-order valence-electron chi connectivity index (χ0n) is 15.5. The van der Waals surface area contributed by atoms with Crippen molar-refractivity contribution in [1.29, 1.82) is 5.26 Å². The monoisotopic (exact) mass is 339 g/mol. The lowest BCUT2D eigenvalue weighted by atomic mass is 9.46. The topological polar surface area (TPSA) is 57.9 Å². The van der Waals surface area contributed by atoms with Gasteiger partial charge in [-0.05, 0) is 79.6 Å². The molecule has 0 aliphatic heterocycles. The van der Waals surface area contributed by atoms with Crippen LogP contribution in [0.5, 0.6) is 0 Å². The first kappa shape index (κ1) is 17.0. The molecule has 4 aliphatic carbocycles. The second-order valence-corrected chi connectivity index (χ2v) is 9.44. The van der Waals surface area contributed by atoms with Gasteiger partial charge in [0.25, 0.3) is 0 Å². The van der Waals surface area contributed by atoms with Gasteiger partial charge in [-0.3, -0.25) is 9.59 Å². The van der Waals surface area contributed by atoms with Crippen LogP contribution in [0, 0.1) is 45.8 Å². The number of ketones is 2. The van der Waals surface area contributed by atoms with E-state index >= 15 is 0 Å². The fraction of sp³-hybridized carbons (Fsp3) is 0.773. The first-order valence-corrected chi connectivity index (χ1v) is 10.0. The summed E-state index contributed by atoms with van der Waals surface area (Å²) in [5.41, 5.74) is 1.70.